The van der Waals surface area contributed by atoms with Gasteiger partial charge in [-0.2, -0.15) is 0 Å². The van der Waals surface area contributed by atoms with E-state index in [9.17, 15) is 4.79 Å². The predicted molar refractivity (Wildman–Crippen MR) is 104 cm³/mol. The first-order chi connectivity index (χ1) is 13.2. The van der Waals surface area contributed by atoms with Gasteiger partial charge in [-0.25, -0.2) is 4.98 Å². The highest BCUT2D eigenvalue weighted by molar-refractivity contribution is 5.85. The van der Waals surface area contributed by atoms with E-state index in [2.05, 4.69) is 32.3 Å². The van der Waals surface area contributed by atoms with Crippen molar-refractivity contribution < 1.29 is 9.53 Å². The number of benzene rings is 2. The number of nitrogens with zero attached hydrogens (tertiary/aromatic N) is 2. The van der Waals surface area contributed by atoms with Gasteiger partial charge in [0.05, 0.1) is 11.0 Å². The molecule has 1 aromatic heterocycles. The first kappa shape index (κ1) is 16.3. The van der Waals surface area contributed by atoms with Crippen LogP contribution in [0.3, 0.4) is 0 Å². The highest BCUT2D eigenvalue weighted by Crippen LogP contribution is 2.36. The number of anilines is 1. The van der Waals surface area contributed by atoms with E-state index in [0.29, 0.717) is 18.0 Å². The average molecular weight is 362 g/mol. The number of ether oxygens (including phenoxy) is 1. The van der Waals surface area contributed by atoms with E-state index in [0.717, 1.165) is 54.0 Å². The van der Waals surface area contributed by atoms with Gasteiger partial charge >= 0.3 is 5.97 Å². The topological polar surface area (TPSA) is 70.2 Å². The van der Waals surface area contributed by atoms with Gasteiger partial charge in [-0.05, 0) is 36.6 Å². The number of rotatable bonds is 2. The van der Waals surface area contributed by atoms with E-state index in [4.69, 9.17) is 4.74 Å². The number of para-hydroxylation sites is 1. The summed E-state index contributed by atoms with van der Waals surface area (Å²) in [6.07, 6.45) is 0.606. The van der Waals surface area contributed by atoms with Crippen molar-refractivity contribution in [2.45, 2.75) is 19.3 Å². The van der Waals surface area contributed by atoms with Crippen LogP contribution in [0, 0.1) is 6.92 Å². The SMILES string of the molecule is Cc1cccc2[nH]c(C3Cc4ccc(N5CCNCC5)cc4OC3=O)nc12. The van der Waals surface area contributed by atoms with Gasteiger partial charge in [0.1, 0.15) is 17.5 Å². The Hall–Kier alpha value is -2.86. The molecule has 27 heavy (non-hydrogen) atoms. The molecule has 6 nitrogen and oxygen atoms in total. The second-order valence-electron chi connectivity index (χ2n) is 7.30. The third kappa shape index (κ3) is 2.86. The third-order valence-electron chi connectivity index (χ3n) is 5.51. The van der Waals surface area contributed by atoms with Gasteiger partial charge in [0, 0.05) is 37.9 Å². The van der Waals surface area contributed by atoms with E-state index in [1.807, 2.05) is 31.2 Å². The lowest BCUT2D eigenvalue weighted by Gasteiger charge is -2.31. The molecule has 3 aromatic rings. The first-order valence-electron chi connectivity index (χ1n) is 9.44. The Bertz CT molecular complexity index is 1020. The minimum absolute atomic E-state index is 0.239. The maximum atomic E-state index is 12.7. The largest absolute Gasteiger partial charge is 0.426 e. The monoisotopic (exact) mass is 362 g/mol. The van der Waals surface area contributed by atoms with E-state index in [1.165, 1.54) is 0 Å². The molecule has 2 N–H and O–H groups in total. The van der Waals surface area contributed by atoms with Crippen LogP contribution in [0.25, 0.3) is 11.0 Å². The Morgan fingerprint density at radius 2 is 2.04 bits per heavy atom. The Kier molecular flexibility index (Phi) is 3.86. The summed E-state index contributed by atoms with van der Waals surface area (Å²) in [5.41, 5.74) is 5.13. The van der Waals surface area contributed by atoms with Crippen molar-refractivity contribution in [3.8, 4) is 5.75 Å². The lowest BCUT2D eigenvalue weighted by molar-refractivity contribution is -0.137. The molecule has 0 saturated carbocycles. The van der Waals surface area contributed by atoms with Crippen molar-refractivity contribution in [2.75, 3.05) is 31.1 Å². The van der Waals surface area contributed by atoms with Gasteiger partial charge < -0.3 is 19.9 Å². The van der Waals surface area contributed by atoms with Crippen molar-refractivity contribution in [1.82, 2.24) is 15.3 Å². The van der Waals surface area contributed by atoms with Crippen LogP contribution in [0.4, 0.5) is 5.69 Å². The molecule has 0 aliphatic carbocycles. The summed E-state index contributed by atoms with van der Waals surface area (Å²) >= 11 is 0. The molecule has 0 bridgehead atoms. The van der Waals surface area contributed by atoms with Crippen LogP contribution in [0.15, 0.2) is 36.4 Å². The molecule has 0 amide bonds. The summed E-state index contributed by atoms with van der Waals surface area (Å²) in [4.78, 5) is 23.0. The number of hydrogen-bond acceptors (Lipinski definition) is 5. The summed E-state index contributed by atoms with van der Waals surface area (Å²) in [6, 6.07) is 12.2. The fraction of sp³-hybridized carbons (Fsp3) is 0.333. The fourth-order valence-corrected chi connectivity index (χ4v) is 3.98. The molecule has 2 aromatic carbocycles. The normalized spacial score (nSPS) is 19.8. The number of carbonyl (C=O) groups excluding carboxylic acids is 1. The van der Waals surface area contributed by atoms with Crippen LogP contribution in [0.2, 0.25) is 0 Å². The molecule has 0 spiro atoms. The number of esters is 1. The molecular formula is C21H22N4O2. The van der Waals surface area contributed by atoms with Crippen molar-refractivity contribution in [1.29, 1.82) is 0 Å². The Labute approximate surface area is 157 Å². The van der Waals surface area contributed by atoms with Crippen molar-refractivity contribution in [2.24, 2.45) is 0 Å². The van der Waals surface area contributed by atoms with Crippen LogP contribution in [0.1, 0.15) is 22.9 Å². The van der Waals surface area contributed by atoms with Gasteiger partial charge in [0.2, 0.25) is 0 Å². The second-order valence-corrected chi connectivity index (χ2v) is 7.30. The number of aromatic amines is 1. The standard InChI is InChI=1S/C21H22N4O2/c1-13-3-2-4-17-19(13)24-20(23-17)16-11-14-5-6-15(12-18(14)27-21(16)26)25-9-7-22-8-10-25/h2-6,12,16,22H,7-11H2,1H3,(H,23,24). The molecular weight excluding hydrogens is 340 g/mol. The van der Waals surface area contributed by atoms with Gasteiger partial charge in [0.25, 0.3) is 0 Å². The summed E-state index contributed by atoms with van der Waals surface area (Å²) in [7, 11) is 0. The first-order valence-corrected chi connectivity index (χ1v) is 9.44. The van der Waals surface area contributed by atoms with Gasteiger partial charge in [-0.15, -0.1) is 0 Å². The Morgan fingerprint density at radius 3 is 2.85 bits per heavy atom. The Morgan fingerprint density at radius 1 is 1.19 bits per heavy atom. The van der Waals surface area contributed by atoms with Gasteiger partial charge in [0.15, 0.2) is 0 Å². The highest BCUT2D eigenvalue weighted by Gasteiger charge is 2.32. The third-order valence-corrected chi connectivity index (χ3v) is 5.51. The zero-order valence-electron chi connectivity index (χ0n) is 15.3. The zero-order chi connectivity index (χ0) is 18.4. The smallest absolute Gasteiger partial charge is 0.322 e. The molecule has 3 heterocycles. The number of nitrogens with one attached hydrogen (secondary N) is 2. The average Bonchev–Trinajstić information content (AvgIpc) is 3.13. The van der Waals surface area contributed by atoms with Crippen LogP contribution in [-0.4, -0.2) is 42.1 Å². The highest BCUT2D eigenvalue weighted by atomic mass is 16.5. The molecule has 1 atom stereocenters. The lowest BCUT2D eigenvalue weighted by atomic mass is 9.95. The summed E-state index contributed by atoms with van der Waals surface area (Å²) < 4.78 is 5.72. The van der Waals surface area contributed by atoms with E-state index in [1.54, 1.807) is 0 Å². The fourth-order valence-electron chi connectivity index (χ4n) is 3.98. The summed E-state index contributed by atoms with van der Waals surface area (Å²) in [5, 5.41) is 3.36. The second kappa shape index (κ2) is 6.39. The van der Waals surface area contributed by atoms with Crippen LogP contribution in [-0.2, 0) is 11.2 Å². The van der Waals surface area contributed by atoms with Crippen molar-refractivity contribution in [3.05, 3.63) is 53.3 Å². The van der Waals surface area contributed by atoms with Crippen LogP contribution < -0.4 is 15.0 Å². The number of aryl methyl sites for hydroxylation is 1. The molecule has 1 unspecified atom stereocenters. The maximum absolute atomic E-state index is 12.7. The number of hydrogen-bond donors (Lipinski definition) is 2. The van der Waals surface area contributed by atoms with E-state index < -0.39 is 5.92 Å². The van der Waals surface area contributed by atoms with Crippen LogP contribution >= 0.6 is 0 Å². The molecule has 5 rings (SSSR count). The molecule has 2 aliphatic heterocycles. The van der Waals surface area contributed by atoms with E-state index >= 15 is 0 Å². The van der Waals surface area contributed by atoms with Gasteiger partial charge in [-0.1, -0.05) is 18.2 Å². The van der Waals surface area contributed by atoms with Gasteiger partial charge in [-0.3, -0.25) is 4.79 Å². The number of carbonyl (C=O) groups is 1. The predicted octanol–water partition coefficient (Wildman–Crippen LogP) is 2.53. The molecule has 0 radical (unpaired) electrons. The molecule has 1 fully saturated rings. The minimum atomic E-state index is -0.394. The van der Waals surface area contributed by atoms with Crippen molar-refractivity contribution in [3.63, 3.8) is 0 Å². The Balaban J connectivity index is 1.45. The zero-order valence-corrected chi connectivity index (χ0v) is 15.3. The van der Waals surface area contributed by atoms with E-state index in [-0.39, 0.29) is 5.97 Å². The molecule has 138 valence electrons. The maximum Gasteiger partial charge on any atom is 0.322 e. The number of imidazole rings is 1. The number of H-pyrrole nitrogens is 1. The van der Waals surface area contributed by atoms with Crippen LogP contribution in [0.5, 0.6) is 5.75 Å². The summed E-state index contributed by atoms with van der Waals surface area (Å²) in [6.45, 7) is 5.91. The lowest BCUT2D eigenvalue weighted by Crippen LogP contribution is -2.43. The number of piperazine rings is 1. The van der Waals surface area contributed by atoms with Crippen molar-refractivity contribution >= 4 is 22.7 Å². The minimum Gasteiger partial charge on any atom is -0.426 e. The number of fused-ring (bicyclic) bond motifs is 2. The quantitative estimate of drug-likeness (QED) is 0.542. The molecule has 6 heteroatoms. The molecule has 2 aliphatic rings. The molecule has 1 saturated heterocycles. The summed E-state index contributed by atoms with van der Waals surface area (Å²) in [5.74, 6) is 0.728. The number of aromatic nitrogens is 2.